The van der Waals surface area contributed by atoms with Gasteiger partial charge in [0.05, 0.1) is 12.1 Å². The zero-order valence-electron chi connectivity index (χ0n) is 21.0. The molecule has 2 saturated carbocycles. The lowest BCUT2D eigenvalue weighted by atomic mass is 9.93. The largest absolute Gasteiger partial charge is 0.369 e. The Morgan fingerprint density at radius 1 is 1.14 bits per heavy atom. The number of primary amides is 1. The average molecular weight is 503 g/mol. The van der Waals surface area contributed by atoms with E-state index in [9.17, 15) is 14.4 Å². The zero-order chi connectivity index (χ0) is 25.9. The number of nitrogens with one attached hydrogen (secondary N) is 2. The molecule has 6 rings (SSSR count). The van der Waals surface area contributed by atoms with Crippen LogP contribution in [0.4, 0.5) is 5.82 Å². The molecule has 9 heteroatoms. The van der Waals surface area contributed by atoms with Crippen LogP contribution in [0.15, 0.2) is 24.4 Å². The highest BCUT2D eigenvalue weighted by atomic mass is 16.2. The maximum Gasteiger partial charge on any atom is 0.228 e. The number of nitrogens with two attached hydrogens (primary N) is 1. The van der Waals surface area contributed by atoms with Crippen molar-refractivity contribution < 1.29 is 14.4 Å². The van der Waals surface area contributed by atoms with E-state index < -0.39 is 0 Å². The third-order valence-corrected chi connectivity index (χ3v) is 7.97. The van der Waals surface area contributed by atoms with E-state index in [0.29, 0.717) is 12.2 Å². The van der Waals surface area contributed by atoms with Gasteiger partial charge in [0, 0.05) is 42.3 Å². The topological polar surface area (TPSA) is 145 Å². The lowest BCUT2D eigenvalue weighted by molar-refractivity contribution is -0.133. The van der Waals surface area contributed by atoms with Crippen molar-refractivity contribution >= 4 is 40.1 Å². The van der Waals surface area contributed by atoms with Crippen molar-refractivity contribution in [2.75, 3.05) is 5.32 Å². The number of hydrogen-bond donors (Lipinski definition) is 3. The molecule has 0 radical (unpaired) electrons. The Hall–Kier alpha value is -3.67. The monoisotopic (exact) mass is 502 g/mol. The number of carbonyl (C=O) groups excluding carboxylic acids is 3. The van der Waals surface area contributed by atoms with Crippen molar-refractivity contribution in [3.8, 4) is 6.07 Å². The summed E-state index contributed by atoms with van der Waals surface area (Å²) in [6.45, 7) is 0. The van der Waals surface area contributed by atoms with Crippen LogP contribution in [0.5, 0.6) is 0 Å². The first-order chi connectivity index (χ1) is 17.9. The highest BCUT2D eigenvalue weighted by molar-refractivity contribution is 5.97. The Morgan fingerprint density at radius 3 is 2.57 bits per heavy atom. The molecule has 37 heavy (non-hydrogen) atoms. The van der Waals surface area contributed by atoms with Crippen LogP contribution in [0.25, 0.3) is 16.6 Å². The molecule has 3 amide bonds. The number of hydrogen-bond acceptors (Lipinski definition) is 5. The van der Waals surface area contributed by atoms with Gasteiger partial charge in [0.15, 0.2) is 0 Å². The number of nitriles is 1. The Morgan fingerprint density at radius 2 is 1.92 bits per heavy atom. The van der Waals surface area contributed by atoms with Crippen LogP contribution in [0.1, 0.15) is 76.2 Å². The molecule has 4 heterocycles. The number of pyridine rings is 1. The van der Waals surface area contributed by atoms with Gasteiger partial charge in [-0.15, -0.1) is 0 Å². The maximum absolute atomic E-state index is 12.6. The minimum Gasteiger partial charge on any atom is -0.369 e. The molecular formula is C28H34N6O3. The molecule has 2 atom stereocenters. The van der Waals surface area contributed by atoms with Crippen LogP contribution >= 0.6 is 0 Å². The van der Waals surface area contributed by atoms with Crippen molar-refractivity contribution in [1.29, 1.82) is 5.26 Å². The van der Waals surface area contributed by atoms with Gasteiger partial charge in [0.1, 0.15) is 11.5 Å². The predicted octanol–water partition coefficient (Wildman–Crippen LogP) is 4.02. The highest BCUT2D eigenvalue weighted by Crippen LogP contribution is 2.41. The molecule has 1 saturated heterocycles. The second-order valence-corrected chi connectivity index (χ2v) is 10.6. The molecule has 3 fully saturated rings. The maximum atomic E-state index is 12.6. The van der Waals surface area contributed by atoms with Gasteiger partial charge in [-0.2, -0.15) is 5.26 Å². The second kappa shape index (κ2) is 10.8. The van der Waals surface area contributed by atoms with Gasteiger partial charge < -0.3 is 20.9 Å². The van der Waals surface area contributed by atoms with Gasteiger partial charge >= 0.3 is 0 Å². The molecule has 2 aromatic rings. The summed E-state index contributed by atoms with van der Waals surface area (Å²) in [7, 11) is 0. The average Bonchev–Trinajstić information content (AvgIpc) is 3.26. The zero-order valence-corrected chi connectivity index (χ0v) is 21.0. The van der Waals surface area contributed by atoms with Gasteiger partial charge in [-0.1, -0.05) is 18.9 Å². The second-order valence-electron chi connectivity index (χ2n) is 10.6. The van der Waals surface area contributed by atoms with Crippen LogP contribution < -0.4 is 11.1 Å². The van der Waals surface area contributed by atoms with E-state index in [-0.39, 0.29) is 48.1 Å². The van der Waals surface area contributed by atoms with Crippen LogP contribution in [0.2, 0.25) is 0 Å². The first-order valence-electron chi connectivity index (χ1n) is 13.4. The quantitative estimate of drug-likeness (QED) is 0.546. The summed E-state index contributed by atoms with van der Waals surface area (Å²) in [6, 6.07) is 6.31. The van der Waals surface area contributed by atoms with Crippen LogP contribution in [0.3, 0.4) is 0 Å². The van der Waals surface area contributed by atoms with Crippen molar-refractivity contribution in [2.45, 2.75) is 82.7 Å². The number of anilines is 1. The van der Waals surface area contributed by atoms with Crippen molar-refractivity contribution in [2.24, 2.45) is 17.6 Å². The number of nitrogens with zero attached hydrogens (tertiary/aromatic N) is 3. The Kier molecular flexibility index (Phi) is 7.26. The van der Waals surface area contributed by atoms with E-state index in [2.05, 4.69) is 27.4 Å². The molecule has 2 aromatic heterocycles. The molecule has 2 unspecified atom stereocenters. The van der Waals surface area contributed by atoms with Crippen molar-refractivity contribution in [1.82, 2.24) is 14.9 Å². The summed E-state index contributed by atoms with van der Waals surface area (Å²) in [6.07, 6.45) is 13.7. The number of amides is 3. The fourth-order valence-electron chi connectivity index (χ4n) is 5.86. The standard InChI is InChI=1S/C22H23N5O2.C6H11NO/c23-8-1-2-20(28)27-15-5-6-16(27)11-14(10-15)18-12-19(26-22(29)13-3-4-13)25-21-17(18)7-9-24-21;7-6(8)5-3-1-2-4-5/h7,9-10,12-13,15-16H,1-6,11H2,(H2,24,25,26,29);5H,1-4H2,(H2,7,8). The van der Waals surface area contributed by atoms with E-state index >= 15 is 0 Å². The summed E-state index contributed by atoms with van der Waals surface area (Å²) in [4.78, 5) is 44.9. The summed E-state index contributed by atoms with van der Waals surface area (Å²) in [5.74, 6) is 0.914. The first kappa shape index (κ1) is 25.0. The van der Waals surface area contributed by atoms with E-state index in [4.69, 9.17) is 11.0 Å². The number of aromatic amines is 1. The fourth-order valence-corrected chi connectivity index (χ4v) is 5.86. The van der Waals surface area contributed by atoms with Gasteiger partial charge in [0.25, 0.3) is 0 Å². The molecule has 2 aliphatic carbocycles. The Balaban J connectivity index is 0.000000301. The van der Waals surface area contributed by atoms with Crippen LogP contribution in [-0.4, -0.2) is 44.7 Å². The third-order valence-electron chi connectivity index (χ3n) is 7.97. The Labute approximate surface area is 216 Å². The number of H-pyrrole nitrogens is 1. The number of aromatic nitrogens is 2. The lowest BCUT2D eigenvalue weighted by Gasteiger charge is -2.34. The number of carbonyl (C=O) groups is 3. The smallest absolute Gasteiger partial charge is 0.228 e. The molecule has 2 bridgehead atoms. The normalized spacial score (nSPS) is 22.7. The molecule has 2 aliphatic heterocycles. The van der Waals surface area contributed by atoms with Gasteiger partial charge in [-0.05, 0) is 68.2 Å². The van der Waals surface area contributed by atoms with E-state index in [1.807, 2.05) is 23.2 Å². The summed E-state index contributed by atoms with van der Waals surface area (Å²) >= 11 is 0. The molecule has 4 aliphatic rings. The molecule has 9 nitrogen and oxygen atoms in total. The van der Waals surface area contributed by atoms with Crippen molar-refractivity contribution in [3.63, 3.8) is 0 Å². The molecule has 4 N–H and O–H groups in total. The summed E-state index contributed by atoms with van der Waals surface area (Å²) in [5.41, 5.74) is 8.09. The number of rotatable bonds is 6. The van der Waals surface area contributed by atoms with Gasteiger partial charge in [-0.3, -0.25) is 14.4 Å². The Bertz CT molecular complexity index is 1260. The summed E-state index contributed by atoms with van der Waals surface area (Å²) < 4.78 is 0. The molecular weight excluding hydrogens is 468 g/mol. The van der Waals surface area contributed by atoms with Crippen molar-refractivity contribution in [3.05, 3.63) is 30.0 Å². The fraction of sp³-hybridized carbons (Fsp3) is 0.536. The van der Waals surface area contributed by atoms with E-state index in [0.717, 1.165) is 61.5 Å². The molecule has 194 valence electrons. The lowest BCUT2D eigenvalue weighted by Crippen LogP contribution is -2.42. The highest BCUT2D eigenvalue weighted by Gasteiger charge is 2.39. The third kappa shape index (κ3) is 5.53. The van der Waals surface area contributed by atoms with Gasteiger partial charge in [-0.25, -0.2) is 4.98 Å². The predicted molar refractivity (Wildman–Crippen MR) is 140 cm³/mol. The molecule has 0 aromatic carbocycles. The minimum atomic E-state index is -0.109. The summed E-state index contributed by atoms with van der Waals surface area (Å²) in [5, 5.41) is 12.8. The van der Waals surface area contributed by atoms with Crippen LogP contribution in [-0.2, 0) is 14.4 Å². The SMILES string of the molecule is N#CCCC(=O)N1C2C=C(c3cc(NC(=O)C4CC4)nc4[nH]ccc34)CC1CC2.NC(=O)C1CCCC1. The van der Waals surface area contributed by atoms with Gasteiger partial charge in [0.2, 0.25) is 17.7 Å². The number of fused-ring (bicyclic) bond motifs is 3. The van der Waals surface area contributed by atoms with E-state index in [1.54, 1.807) is 0 Å². The van der Waals surface area contributed by atoms with E-state index in [1.165, 1.54) is 18.4 Å². The first-order valence-corrected chi connectivity index (χ1v) is 13.4. The van der Waals surface area contributed by atoms with Crippen LogP contribution in [0, 0.1) is 23.2 Å². The minimum absolute atomic E-state index is 0.0429. The molecule has 0 spiro atoms.